The fraction of sp³-hybridized carbons (Fsp3) is 0.0714. The highest BCUT2D eigenvalue weighted by Gasteiger charge is 2.47. The number of para-hydroxylation sites is 2. The van der Waals surface area contributed by atoms with Crippen LogP contribution in [0.5, 0.6) is 11.5 Å². The van der Waals surface area contributed by atoms with Crippen LogP contribution in [0.4, 0.5) is 0 Å². The van der Waals surface area contributed by atoms with Crippen LogP contribution in [0.25, 0.3) is 32.3 Å². The van der Waals surface area contributed by atoms with Crippen LogP contribution >= 0.6 is 22.7 Å². The third kappa shape index (κ3) is 3.22. The first-order valence-electron chi connectivity index (χ1n) is 11.2. The summed E-state index contributed by atoms with van der Waals surface area (Å²) in [5.74, 6) is -0.112. The van der Waals surface area contributed by atoms with E-state index in [1.54, 1.807) is 38.4 Å². The zero-order valence-corrected chi connectivity index (χ0v) is 21.0. The van der Waals surface area contributed by atoms with Crippen LogP contribution in [-0.2, 0) is 9.59 Å². The number of hydrogen-bond donors (Lipinski definition) is 2. The lowest BCUT2D eigenvalue weighted by Crippen LogP contribution is -2.24. The van der Waals surface area contributed by atoms with E-state index in [0.29, 0.717) is 33.7 Å². The van der Waals surface area contributed by atoms with E-state index in [2.05, 4.69) is 0 Å². The third-order valence-corrected chi connectivity index (χ3v) is 8.70. The van der Waals surface area contributed by atoms with Crippen LogP contribution in [0.15, 0.2) is 83.9 Å². The van der Waals surface area contributed by atoms with Crippen LogP contribution in [0.1, 0.15) is 9.75 Å². The molecule has 2 amide bonds. The van der Waals surface area contributed by atoms with Crippen molar-refractivity contribution in [1.29, 1.82) is 0 Å². The summed E-state index contributed by atoms with van der Waals surface area (Å²) in [5, 5.41) is 20.5. The molecule has 4 heterocycles. The first kappa shape index (κ1) is 22.3. The maximum atomic E-state index is 13.5. The number of carbonyl (C=O) groups is 2. The number of fused-ring (bicyclic) bond motifs is 1. The van der Waals surface area contributed by atoms with Gasteiger partial charge in [-0.2, -0.15) is 0 Å². The molecule has 2 aliphatic rings. The number of benzene rings is 2. The monoisotopic (exact) mass is 512 g/mol. The van der Waals surface area contributed by atoms with Crippen molar-refractivity contribution in [3.05, 3.63) is 93.7 Å². The maximum Gasteiger partial charge on any atom is 0.261 e. The maximum absolute atomic E-state index is 13.5. The fourth-order valence-electron chi connectivity index (χ4n) is 4.69. The summed E-state index contributed by atoms with van der Waals surface area (Å²) in [6.07, 6.45) is 0. The Balaban J connectivity index is 1.48. The zero-order valence-electron chi connectivity index (χ0n) is 19.4. The number of hydrogen-bond acceptors (Lipinski definition) is 6. The topological polar surface area (TPSA) is 81.1 Å². The molecule has 0 saturated heterocycles. The molecule has 8 heteroatoms. The Bertz CT molecular complexity index is 1520. The SMILES string of the molecule is CN1C(=O)C2=C(c3ccc(-c4ccccc4O)s3)N(C)C(=O)C2=C1c1ccc(-c2ccccc2O)s1. The van der Waals surface area contributed by atoms with E-state index in [1.807, 2.05) is 48.5 Å². The lowest BCUT2D eigenvalue weighted by molar-refractivity contribution is -0.123. The van der Waals surface area contributed by atoms with E-state index < -0.39 is 0 Å². The van der Waals surface area contributed by atoms with Gasteiger partial charge in [-0.05, 0) is 48.5 Å². The Kier molecular flexibility index (Phi) is 5.10. The quantitative estimate of drug-likeness (QED) is 0.372. The molecule has 0 fully saturated rings. The second kappa shape index (κ2) is 8.22. The fourth-order valence-corrected chi connectivity index (χ4v) is 6.94. The number of likely N-dealkylation sites (N-methyl/N-ethyl adjacent to an activating group) is 2. The molecule has 2 aliphatic heterocycles. The smallest absolute Gasteiger partial charge is 0.261 e. The summed E-state index contributed by atoms with van der Waals surface area (Å²) in [4.78, 5) is 33.3. The highest BCUT2D eigenvalue weighted by atomic mass is 32.1. The molecule has 36 heavy (non-hydrogen) atoms. The number of phenolic OH excluding ortho intramolecular Hbond substituents is 2. The lowest BCUT2D eigenvalue weighted by atomic mass is 10.1. The van der Waals surface area contributed by atoms with Crippen molar-refractivity contribution < 1.29 is 19.8 Å². The van der Waals surface area contributed by atoms with Crippen LogP contribution in [-0.4, -0.2) is 45.9 Å². The standard InChI is InChI=1S/C28H20N2O4S2/c1-29-25(21-13-11-19(35-21)15-7-3-5-9-17(15)31)23-24(27(29)33)26(30(2)28(23)34)22-14-12-20(36-22)16-8-4-6-10-18(16)32/h3-14,31-32H,1-2H3. The molecule has 0 atom stereocenters. The van der Waals surface area contributed by atoms with Gasteiger partial charge in [-0.1, -0.05) is 24.3 Å². The summed E-state index contributed by atoms with van der Waals surface area (Å²) in [5.41, 5.74) is 3.34. The molecule has 2 aromatic heterocycles. The first-order valence-corrected chi connectivity index (χ1v) is 12.8. The predicted molar refractivity (Wildman–Crippen MR) is 142 cm³/mol. The third-order valence-electron chi connectivity index (χ3n) is 6.45. The normalized spacial score (nSPS) is 15.5. The first-order chi connectivity index (χ1) is 17.4. The minimum Gasteiger partial charge on any atom is -0.507 e. The van der Waals surface area contributed by atoms with Crippen molar-refractivity contribution in [3.63, 3.8) is 0 Å². The van der Waals surface area contributed by atoms with Crippen molar-refractivity contribution in [3.8, 4) is 32.4 Å². The molecular weight excluding hydrogens is 492 g/mol. The van der Waals surface area contributed by atoms with Gasteiger partial charge in [0.1, 0.15) is 11.5 Å². The summed E-state index contributed by atoms with van der Waals surface area (Å²) >= 11 is 2.85. The molecular formula is C28H20N2O4S2. The minimum atomic E-state index is -0.234. The number of amides is 2. The van der Waals surface area contributed by atoms with Gasteiger partial charge in [0.25, 0.3) is 11.8 Å². The molecule has 0 saturated carbocycles. The van der Waals surface area contributed by atoms with Crippen molar-refractivity contribution >= 4 is 45.9 Å². The summed E-state index contributed by atoms with van der Waals surface area (Å²) in [6.45, 7) is 0. The molecule has 178 valence electrons. The van der Waals surface area contributed by atoms with E-state index in [0.717, 1.165) is 19.5 Å². The van der Waals surface area contributed by atoms with E-state index in [9.17, 15) is 19.8 Å². The van der Waals surface area contributed by atoms with Gasteiger partial charge in [0.15, 0.2) is 0 Å². The van der Waals surface area contributed by atoms with Gasteiger partial charge < -0.3 is 20.0 Å². The van der Waals surface area contributed by atoms with E-state index >= 15 is 0 Å². The Hall–Kier alpha value is -4.14. The summed E-state index contributed by atoms with van der Waals surface area (Å²) in [7, 11) is 3.37. The van der Waals surface area contributed by atoms with Crippen molar-refractivity contribution in [2.45, 2.75) is 0 Å². The molecule has 0 aliphatic carbocycles. The lowest BCUT2D eigenvalue weighted by Gasteiger charge is -2.18. The van der Waals surface area contributed by atoms with E-state index in [4.69, 9.17) is 0 Å². The van der Waals surface area contributed by atoms with Gasteiger partial charge in [-0.3, -0.25) is 9.59 Å². The summed E-state index contributed by atoms with van der Waals surface area (Å²) in [6, 6.07) is 21.7. The van der Waals surface area contributed by atoms with Gasteiger partial charge in [-0.25, -0.2) is 0 Å². The summed E-state index contributed by atoms with van der Waals surface area (Å²) < 4.78 is 0. The molecule has 0 spiro atoms. The van der Waals surface area contributed by atoms with Crippen LogP contribution in [0.2, 0.25) is 0 Å². The van der Waals surface area contributed by atoms with Crippen molar-refractivity contribution in [2.75, 3.05) is 14.1 Å². The van der Waals surface area contributed by atoms with Crippen molar-refractivity contribution in [2.24, 2.45) is 0 Å². The molecule has 0 radical (unpaired) electrons. The second-order valence-corrected chi connectivity index (χ2v) is 10.7. The molecule has 6 nitrogen and oxygen atoms in total. The number of rotatable bonds is 4. The van der Waals surface area contributed by atoms with E-state index in [-0.39, 0.29) is 23.3 Å². The van der Waals surface area contributed by atoms with Crippen LogP contribution in [0, 0.1) is 0 Å². The van der Waals surface area contributed by atoms with Gasteiger partial charge in [0, 0.05) is 35.0 Å². The number of nitrogens with zero attached hydrogens (tertiary/aromatic N) is 2. The Morgan fingerprint density at radius 2 is 0.917 bits per heavy atom. The molecule has 6 rings (SSSR count). The van der Waals surface area contributed by atoms with Crippen molar-refractivity contribution in [1.82, 2.24) is 9.80 Å². The van der Waals surface area contributed by atoms with Crippen LogP contribution < -0.4 is 0 Å². The number of aromatic hydroxyl groups is 2. The number of phenols is 2. The molecule has 2 aromatic carbocycles. The van der Waals surface area contributed by atoms with Gasteiger partial charge >= 0.3 is 0 Å². The molecule has 0 unspecified atom stereocenters. The number of thiophene rings is 2. The highest BCUT2D eigenvalue weighted by molar-refractivity contribution is 7.17. The van der Waals surface area contributed by atoms with Gasteiger partial charge in [0.05, 0.1) is 32.3 Å². The Morgan fingerprint density at radius 1 is 0.556 bits per heavy atom. The Morgan fingerprint density at radius 3 is 1.31 bits per heavy atom. The number of carbonyl (C=O) groups excluding carboxylic acids is 2. The van der Waals surface area contributed by atoms with Gasteiger partial charge in [0.2, 0.25) is 0 Å². The highest BCUT2D eigenvalue weighted by Crippen LogP contribution is 2.49. The Labute approximate surface area is 215 Å². The largest absolute Gasteiger partial charge is 0.507 e. The average Bonchev–Trinajstić information content (AvgIpc) is 3.64. The van der Waals surface area contributed by atoms with Crippen LogP contribution in [0.3, 0.4) is 0 Å². The second-order valence-electron chi connectivity index (χ2n) is 8.54. The molecule has 0 bridgehead atoms. The minimum absolute atomic E-state index is 0.178. The predicted octanol–water partition coefficient (Wildman–Crippen LogP) is 5.62. The zero-order chi connectivity index (χ0) is 25.1. The average molecular weight is 513 g/mol. The molecule has 4 aromatic rings. The molecule has 2 N–H and O–H groups in total. The van der Waals surface area contributed by atoms with E-state index in [1.165, 1.54) is 32.5 Å². The van der Waals surface area contributed by atoms with Gasteiger partial charge in [-0.15, -0.1) is 22.7 Å².